The third kappa shape index (κ3) is 6.67. The number of likely N-dealkylation sites (tertiary alicyclic amines) is 1. The highest BCUT2D eigenvalue weighted by molar-refractivity contribution is 6.31. The highest BCUT2D eigenvalue weighted by Crippen LogP contribution is 2.29. The van der Waals surface area contributed by atoms with Crippen molar-refractivity contribution in [3.05, 3.63) is 59.5 Å². The topological polar surface area (TPSA) is 49.5 Å². The zero-order valence-corrected chi connectivity index (χ0v) is 15.1. The van der Waals surface area contributed by atoms with Gasteiger partial charge in [-0.15, -0.1) is 0 Å². The van der Waals surface area contributed by atoms with Crippen molar-refractivity contribution in [3.8, 4) is 0 Å². The smallest absolute Gasteiger partial charge is 0.0684 e. The van der Waals surface area contributed by atoms with Gasteiger partial charge in [-0.3, -0.25) is 0 Å². The quantitative estimate of drug-likeness (QED) is 0.684. The molecular formula is C19H29ClN2O. The van der Waals surface area contributed by atoms with Crippen molar-refractivity contribution in [2.45, 2.75) is 45.1 Å². The molecule has 0 saturated carbocycles. The minimum absolute atomic E-state index is 0.599. The average Bonchev–Trinajstić information content (AvgIpc) is 2.52. The molecule has 0 amide bonds. The van der Waals surface area contributed by atoms with Gasteiger partial charge in [-0.05, 0) is 57.3 Å². The molecule has 3 N–H and O–H groups in total. The molecule has 0 bridgehead atoms. The number of nitrogens with two attached hydrogens (primary N) is 1. The maximum atomic E-state index is 10.7. The number of hydrogen-bond donors (Lipinski definition) is 2. The lowest BCUT2D eigenvalue weighted by molar-refractivity contribution is -0.0198. The lowest BCUT2D eigenvalue weighted by Gasteiger charge is -2.39. The van der Waals surface area contributed by atoms with Gasteiger partial charge in [0, 0.05) is 29.5 Å². The highest BCUT2D eigenvalue weighted by atomic mass is 35.5. The van der Waals surface area contributed by atoms with Gasteiger partial charge < -0.3 is 15.7 Å². The summed E-state index contributed by atoms with van der Waals surface area (Å²) in [5.41, 5.74) is 7.99. The molecule has 0 unspecified atom stereocenters. The maximum Gasteiger partial charge on any atom is 0.0684 e. The summed E-state index contributed by atoms with van der Waals surface area (Å²) in [6, 6.07) is 0. The first-order chi connectivity index (χ1) is 10.8. The van der Waals surface area contributed by atoms with Crippen molar-refractivity contribution in [1.29, 1.82) is 0 Å². The number of halogens is 1. The molecule has 0 aliphatic carbocycles. The molecule has 0 spiro atoms. The van der Waals surface area contributed by atoms with Gasteiger partial charge in [0.05, 0.1) is 5.60 Å². The molecule has 4 heteroatoms. The van der Waals surface area contributed by atoms with Crippen LogP contribution in [0.3, 0.4) is 0 Å². The van der Waals surface area contributed by atoms with Gasteiger partial charge in [0.25, 0.3) is 0 Å². The van der Waals surface area contributed by atoms with E-state index in [-0.39, 0.29) is 0 Å². The van der Waals surface area contributed by atoms with E-state index < -0.39 is 5.60 Å². The Hall–Kier alpha value is -1.45. The SMILES string of the molecule is C=C/C(Cl)=C\CCC1(O)CCN(/C(C)=C/C=C(/N)C(=C)C)CC1. The number of hydrogen-bond acceptors (Lipinski definition) is 3. The van der Waals surface area contributed by atoms with E-state index in [4.69, 9.17) is 17.3 Å². The van der Waals surface area contributed by atoms with Crippen molar-refractivity contribution >= 4 is 11.6 Å². The number of piperidine rings is 1. The third-order valence-corrected chi connectivity index (χ3v) is 4.64. The van der Waals surface area contributed by atoms with Crippen LogP contribution >= 0.6 is 11.6 Å². The Morgan fingerprint density at radius 1 is 1.30 bits per heavy atom. The predicted molar refractivity (Wildman–Crippen MR) is 100.0 cm³/mol. The van der Waals surface area contributed by atoms with Crippen molar-refractivity contribution < 1.29 is 5.11 Å². The second-order valence-electron chi connectivity index (χ2n) is 6.25. The Balaban J connectivity index is 2.54. The number of nitrogens with zero attached hydrogens (tertiary/aromatic N) is 1. The lowest BCUT2D eigenvalue weighted by Crippen LogP contribution is -2.43. The number of rotatable bonds is 7. The minimum Gasteiger partial charge on any atom is -0.399 e. The summed E-state index contributed by atoms with van der Waals surface area (Å²) in [6.45, 7) is 13.1. The Bertz CT molecular complexity index is 523. The first-order valence-corrected chi connectivity index (χ1v) is 8.40. The molecule has 1 rings (SSSR count). The molecule has 1 saturated heterocycles. The molecule has 1 heterocycles. The summed E-state index contributed by atoms with van der Waals surface area (Å²) < 4.78 is 0. The summed E-state index contributed by atoms with van der Waals surface area (Å²) in [5.74, 6) is 0. The molecule has 23 heavy (non-hydrogen) atoms. The second-order valence-corrected chi connectivity index (χ2v) is 6.69. The van der Waals surface area contributed by atoms with Crippen molar-refractivity contribution in [2.24, 2.45) is 5.73 Å². The largest absolute Gasteiger partial charge is 0.399 e. The van der Waals surface area contributed by atoms with Crippen LogP contribution in [0, 0.1) is 0 Å². The van der Waals surface area contributed by atoms with Gasteiger partial charge in [-0.1, -0.05) is 36.9 Å². The Morgan fingerprint density at radius 3 is 2.43 bits per heavy atom. The molecule has 0 radical (unpaired) electrons. The summed E-state index contributed by atoms with van der Waals surface area (Å²) >= 11 is 5.90. The van der Waals surface area contributed by atoms with E-state index in [0.29, 0.717) is 10.7 Å². The fourth-order valence-electron chi connectivity index (χ4n) is 2.55. The monoisotopic (exact) mass is 336 g/mol. The molecule has 0 aromatic carbocycles. The molecular weight excluding hydrogens is 308 g/mol. The van der Waals surface area contributed by atoms with Crippen molar-refractivity contribution in [2.75, 3.05) is 13.1 Å². The van der Waals surface area contributed by atoms with Crippen LogP contribution in [0.25, 0.3) is 0 Å². The second kappa shape index (κ2) is 8.99. The van der Waals surface area contributed by atoms with E-state index in [1.54, 1.807) is 6.08 Å². The van der Waals surface area contributed by atoms with E-state index in [1.807, 2.05) is 25.2 Å². The average molecular weight is 337 g/mol. The van der Waals surface area contributed by atoms with Crippen LogP contribution < -0.4 is 5.73 Å². The normalized spacial score (nSPS) is 19.7. The third-order valence-electron chi connectivity index (χ3n) is 4.33. The van der Waals surface area contributed by atoms with Crippen LogP contribution in [-0.2, 0) is 0 Å². The lowest BCUT2D eigenvalue weighted by atomic mass is 9.87. The van der Waals surface area contributed by atoms with E-state index in [0.717, 1.165) is 50.0 Å². The zero-order chi connectivity index (χ0) is 17.5. The fraction of sp³-hybridized carbons (Fsp3) is 0.474. The predicted octanol–water partition coefficient (Wildman–Crippen LogP) is 4.22. The Labute approximate surface area is 145 Å². The van der Waals surface area contributed by atoms with Gasteiger partial charge in [0.15, 0.2) is 0 Å². The van der Waals surface area contributed by atoms with Crippen LogP contribution in [-0.4, -0.2) is 28.7 Å². The Morgan fingerprint density at radius 2 is 1.91 bits per heavy atom. The summed E-state index contributed by atoms with van der Waals surface area (Å²) in [6.07, 6.45) is 10.5. The van der Waals surface area contributed by atoms with Crippen LogP contribution in [0.2, 0.25) is 0 Å². The molecule has 1 fully saturated rings. The van der Waals surface area contributed by atoms with Gasteiger partial charge in [-0.25, -0.2) is 0 Å². The van der Waals surface area contributed by atoms with Crippen molar-refractivity contribution in [1.82, 2.24) is 4.90 Å². The van der Waals surface area contributed by atoms with Crippen LogP contribution in [0.4, 0.5) is 0 Å². The molecule has 0 aromatic rings. The highest BCUT2D eigenvalue weighted by Gasteiger charge is 2.31. The number of allylic oxidation sites excluding steroid dienone is 7. The molecule has 0 atom stereocenters. The van der Waals surface area contributed by atoms with E-state index in [9.17, 15) is 5.11 Å². The van der Waals surface area contributed by atoms with Crippen LogP contribution in [0.1, 0.15) is 39.5 Å². The van der Waals surface area contributed by atoms with E-state index in [1.165, 1.54) is 0 Å². The van der Waals surface area contributed by atoms with Crippen LogP contribution in [0.5, 0.6) is 0 Å². The van der Waals surface area contributed by atoms with Crippen molar-refractivity contribution in [3.63, 3.8) is 0 Å². The molecule has 128 valence electrons. The Kier molecular flexibility index (Phi) is 7.66. The maximum absolute atomic E-state index is 10.7. The standard InChI is InChI=1S/C19H29ClN2O/c1-5-17(20)7-6-10-19(23)11-13-22(14-12-19)16(4)8-9-18(21)15(2)3/h5,7-9,23H,1-2,6,10-14,21H2,3-4H3/b16-8+,17-7+,18-9+. The summed E-state index contributed by atoms with van der Waals surface area (Å²) in [7, 11) is 0. The molecule has 3 nitrogen and oxygen atoms in total. The first kappa shape index (κ1) is 19.6. The van der Waals surface area contributed by atoms with Crippen LogP contribution in [0.15, 0.2) is 59.5 Å². The van der Waals surface area contributed by atoms with Gasteiger partial charge in [-0.2, -0.15) is 0 Å². The molecule has 0 aromatic heterocycles. The fourth-order valence-corrected chi connectivity index (χ4v) is 2.65. The van der Waals surface area contributed by atoms with Gasteiger partial charge in [0.2, 0.25) is 0 Å². The summed E-state index contributed by atoms with van der Waals surface area (Å²) in [5, 5.41) is 11.3. The van der Waals surface area contributed by atoms with E-state index in [2.05, 4.69) is 25.0 Å². The number of aliphatic hydroxyl groups is 1. The molecule has 1 aliphatic rings. The summed E-state index contributed by atoms with van der Waals surface area (Å²) in [4.78, 5) is 2.28. The zero-order valence-electron chi connectivity index (χ0n) is 14.3. The van der Waals surface area contributed by atoms with E-state index >= 15 is 0 Å². The first-order valence-electron chi connectivity index (χ1n) is 8.03. The molecule has 1 aliphatic heterocycles. The minimum atomic E-state index is -0.599. The van der Waals surface area contributed by atoms with Gasteiger partial charge >= 0.3 is 0 Å². The van der Waals surface area contributed by atoms with Gasteiger partial charge in [0.1, 0.15) is 0 Å².